The fourth-order valence-corrected chi connectivity index (χ4v) is 1.70. The SMILES string of the molecule is CCCOc1cc2ccccc2cc1C. The van der Waals surface area contributed by atoms with Gasteiger partial charge in [0, 0.05) is 0 Å². The van der Waals surface area contributed by atoms with Crippen LogP contribution in [0.4, 0.5) is 0 Å². The molecular formula is C14H16O. The molecule has 0 spiro atoms. The van der Waals surface area contributed by atoms with Gasteiger partial charge in [-0.2, -0.15) is 0 Å². The molecule has 0 aliphatic carbocycles. The first-order valence-electron chi connectivity index (χ1n) is 5.43. The first kappa shape index (κ1) is 10.0. The van der Waals surface area contributed by atoms with Crippen LogP contribution in [-0.4, -0.2) is 6.61 Å². The summed E-state index contributed by atoms with van der Waals surface area (Å²) in [6.07, 6.45) is 1.05. The lowest BCUT2D eigenvalue weighted by atomic mass is 10.1. The van der Waals surface area contributed by atoms with Gasteiger partial charge in [-0.1, -0.05) is 31.2 Å². The molecule has 0 heterocycles. The van der Waals surface area contributed by atoms with Gasteiger partial charge in [-0.05, 0) is 41.8 Å². The van der Waals surface area contributed by atoms with E-state index in [-0.39, 0.29) is 0 Å². The van der Waals surface area contributed by atoms with E-state index in [9.17, 15) is 0 Å². The number of hydrogen-bond donors (Lipinski definition) is 0. The Balaban J connectivity index is 2.43. The molecule has 0 unspecified atom stereocenters. The summed E-state index contributed by atoms with van der Waals surface area (Å²) in [5, 5.41) is 2.52. The minimum Gasteiger partial charge on any atom is -0.493 e. The Labute approximate surface area is 90.7 Å². The molecule has 0 aliphatic rings. The molecule has 78 valence electrons. The van der Waals surface area contributed by atoms with Gasteiger partial charge >= 0.3 is 0 Å². The summed E-state index contributed by atoms with van der Waals surface area (Å²) in [7, 11) is 0. The van der Waals surface area contributed by atoms with E-state index in [0.29, 0.717) is 0 Å². The molecule has 0 fully saturated rings. The van der Waals surface area contributed by atoms with Gasteiger partial charge < -0.3 is 4.74 Å². The van der Waals surface area contributed by atoms with Crippen molar-refractivity contribution in [1.29, 1.82) is 0 Å². The van der Waals surface area contributed by atoms with E-state index >= 15 is 0 Å². The first-order valence-corrected chi connectivity index (χ1v) is 5.43. The Morgan fingerprint density at radius 2 is 1.73 bits per heavy atom. The molecule has 0 saturated carbocycles. The third-order valence-electron chi connectivity index (χ3n) is 2.50. The number of fused-ring (bicyclic) bond motifs is 1. The minimum absolute atomic E-state index is 0.791. The highest BCUT2D eigenvalue weighted by molar-refractivity contribution is 5.84. The van der Waals surface area contributed by atoms with E-state index in [1.165, 1.54) is 16.3 Å². The second-order valence-corrected chi connectivity index (χ2v) is 3.81. The summed E-state index contributed by atoms with van der Waals surface area (Å²) < 4.78 is 5.69. The number of hydrogen-bond acceptors (Lipinski definition) is 1. The third kappa shape index (κ3) is 2.12. The lowest BCUT2D eigenvalue weighted by molar-refractivity contribution is 0.316. The van der Waals surface area contributed by atoms with Crippen LogP contribution in [-0.2, 0) is 0 Å². The minimum atomic E-state index is 0.791. The smallest absolute Gasteiger partial charge is 0.122 e. The van der Waals surface area contributed by atoms with Crippen molar-refractivity contribution in [2.75, 3.05) is 6.61 Å². The van der Waals surface area contributed by atoms with Gasteiger partial charge in [0.25, 0.3) is 0 Å². The van der Waals surface area contributed by atoms with Crippen LogP contribution in [0.5, 0.6) is 5.75 Å². The lowest BCUT2D eigenvalue weighted by Gasteiger charge is -2.09. The molecule has 0 amide bonds. The second-order valence-electron chi connectivity index (χ2n) is 3.81. The van der Waals surface area contributed by atoms with E-state index in [2.05, 4.69) is 50.2 Å². The maximum Gasteiger partial charge on any atom is 0.122 e. The molecule has 2 aromatic carbocycles. The zero-order valence-corrected chi connectivity index (χ0v) is 9.29. The van der Waals surface area contributed by atoms with Crippen LogP contribution in [0.1, 0.15) is 18.9 Å². The number of benzene rings is 2. The first-order chi connectivity index (χ1) is 7.31. The molecule has 0 bridgehead atoms. The van der Waals surface area contributed by atoms with Crippen molar-refractivity contribution in [1.82, 2.24) is 0 Å². The highest BCUT2D eigenvalue weighted by atomic mass is 16.5. The fraction of sp³-hybridized carbons (Fsp3) is 0.286. The Bertz CT molecular complexity index is 460. The van der Waals surface area contributed by atoms with Crippen molar-refractivity contribution in [3.63, 3.8) is 0 Å². The normalized spacial score (nSPS) is 10.5. The molecule has 2 rings (SSSR count). The molecule has 0 atom stereocenters. The average molecular weight is 200 g/mol. The topological polar surface area (TPSA) is 9.23 Å². The van der Waals surface area contributed by atoms with Crippen molar-refractivity contribution in [2.45, 2.75) is 20.3 Å². The molecule has 2 aromatic rings. The molecule has 0 radical (unpaired) electrons. The largest absolute Gasteiger partial charge is 0.493 e. The van der Waals surface area contributed by atoms with Crippen LogP contribution < -0.4 is 4.74 Å². The Hall–Kier alpha value is -1.50. The summed E-state index contributed by atoms with van der Waals surface area (Å²) in [5.41, 5.74) is 1.21. The van der Waals surface area contributed by atoms with E-state index in [1.54, 1.807) is 0 Å². The Morgan fingerprint density at radius 3 is 2.40 bits per heavy atom. The molecule has 0 N–H and O–H groups in total. The van der Waals surface area contributed by atoms with Crippen molar-refractivity contribution >= 4 is 10.8 Å². The molecule has 0 saturated heterocycles. The van der Waals surface area contributed by atoms with Crippen LogP contribution >= 0.6 is 0 Å². The Morgan fingerprint density at radius 1 is 1.07 bits per heavy atom. The molecular weight excluding hydrogens is 184 g/mol. The number of aryl methyl sites for hydroxylation is 1. The maximum absolute atomic E-state index is 5.69. The van der Waals surface area contributed by atoms with Crippen molar-refractivity contribution in [3.8, 4) is 5.75 Å². The van der Waals surface area contributed by atoms with Crippen LogP contribution in [0.15, 0.2) is 36.4 Å². The molecule has 1 nitrogen and oxygen atoms in total. The Kier molecular flexibility index (Phi) is 2.91. The zero-order chi connectivity index (χ0) is 10.7. The van der Waals surface area contributed by atoms with Crippen LogP contribution in [0.3, 0.4) is 0 Å². The highest BCUT2D eigenvalue weighted by Gasteiger charge is 2.01. The fourth-order valence-electron chi connectivity index (χ4n) is 1.70. The number of ether oxygens (including phenoxy) is 1. The standard InChI is InChI=1S/C14H16O/c1-3-8-15-14-10-13-7-5-4-6-12(13)9-11(14)2/h4-7,9-10H,3,8H2,1-2H3. The molecule has 0 aromatic heterocycles. The summed E-state index contributed by atoms with van der Waals surface area (Å²) >= 11 is 0. The van der Waals surface area contributed by atoms with Gasteiger partial charge in [0.15, 0.2) is 0 Å². The highest BCUT2D eigenvalue weighted by Crippen LogP contribution is 2.25. The van der Waals surface area contributed by atoms with Gasteiger partial charge in [0.05, 0.1) is 6.61 Å². The van der Waals surface area contributed by atoms with Crippen molar-refractivity contribution < 1.29 is 4.74 Å². The summed E-state index contributed by atoms with van der Waals surface area (Å²) in [6.45, 7) is 5.01. The average Bonchev–Trinajstić information content (AvgIpc) is 2.26. The predicted octanol–water partition coefficient (Wildman–Crippen LogP) is 3.94. The quantitative estimate of drug-likeness (QED) is 0.729. The van der Waals surface area contributed by atoms with Crippen molar-refractivity contribution in [2.24, 2.45) is 0 Å². The van der Waals surface area contributed by atoms with E-state index in [0.717, 1.165) is 18.8 Å². The predicted molar refractivity (Wildman–Crippen MR) is 64.5 cm³/mol. The molecule has 15 heavy (non-hydrogen) atoms. The third-order valence-corrected chi connectivity index (χ3v) is 2.50. The van der Waals surface area contributed by atoms with Gasteiger partial charge in [-0.25, -0.2) is 0 Å². The maximum atomic E-state index is 5.69. The van der Waals surface area contributed by atoms with Gasteiger partial charge in [-0.3, -0.25) is 0 Å². The van der Waals surface area contributed by atoms with Gasteiger partial charge in [0.1, 0.15) is 5.75 Å². The van der Waals surface area contributed by atoms with Crippen LogP contribution in [0.2, 0.25) is 0 Å². The van der Waals surface area contributed by atoms with Crippen LogP contribution in [0, 0.1) is 6.92 Å². The number of rotatable bonds is 3. The molecule has 1 heteroatoms. The monoisotopic (exact) mass is 200 g/mol. The molecule has 0 aliphatic heterocycles. The lowest BCUT2D eigenvalue weighted by Crippen LogP contribution is -1.96. The van der Waals surface area contributed by atoms with Gasteiger partial charge in [0.2, 0.25) is 0 Å². The van der Waals surface area contributed by atoms with E-state index < -0.39 is 0 Å². The van der Waals surface area contributed by atoms with Crippen molar-refractivity contribution in [3.05, 3.63) is 42.0 Å². The zero-order valence-electron chi connectivity index (χ0n) is 9.29. The summed E-state index contributed by atoms with van der Waals surface area (Å²) in [4.78, 5) is 0. The van der Waals surface area contributed by atoms with Gasteiger partial charge in [-0.15, -0.1) is 0 Å². The van der Waals surface area contributed by atoms with E-state index in [4.69, 9.17) is 4.74 Å². The summed E-state index contributed by atoms with van der Waals surface area (Å²) in [5.74, 6) is 1.01. The van der Waals surface area contributed by atoms with E-state index in [1.807, 2.05) is 0 Å². The second kappa shape index (κ2) is 4.35. The van der Waals surface area contributed by atoms with Crippen LogP contribution in [0.25, 0.3) is 10.8 Å². The summed E-state index contributed by atoms with van der Waals surface area (Å²) in [6, 6.07) is 12.7.